The van der Waals surface area contributed by atoms with E-state index in [-0.39, 0.29) is 23.1 Å². The summed E-state index contributed by atoms with van der Waals surface area (Å²) in [5.41, 5.74) is 0.789. The standard InChI is InChI=1S/C20H21FN6O2/c1-27(2)10-14(11-28)25-17-6-13(5-16(21)15(17)7-22)18-8-24-19(9-23-18)26-20(29)12-3-4-12/h5-6,8-9,11-12,14,25H,3-4,10H2,1-2H3,(H,24,26,29). The van der Waals surface area contributed by atoms with E-state index in [1.807, 2.05) is 6.07 Å². The fourth-order valence-corrected chi connectivity index (χ4v) is 2.81. The average molecular weight is 396 g/mol. The average Bonchev–Trinajstić information content (AvgIpc) is 3.53. The molecule has 1 fully saturated rings. The lowest BCUT2D eigenvalue weighted by atomic mass is 10.1. The van der Waals surface area contributed by atoms with Gasteiger partial charge in [0.1, 0.15) is 23.7 Å². The number of nitrogens with zero attached hydrogens (tertiary/aromatic N) is 4. The Morgan fingerprint density at radius 3 is 2.69 bits per heavy atom. The van der Waals surface area contributed by atoms with Gasteiger partial charge >= 0.3 is 0 Å². The summed E-state index contributed by atoms with van der Waals surface area (Å²) in [5, 5.41) is 14.9. The number of likely N-dealkylation sites (N-methyl/N-ethyl adjacent to an activating group) is 1. The third-order valence-electron chi connectivity index (χ3n) is 4.42. The molecule has 29 heavy (non-hydrogen) atoms. The first-order valence-electron chi connectivity index (χ1n) is 9.14. The van der Waals surface area contributed by atoms with Crippen molar-refractivity contribution < 1.29 is 14.0 Å². The van der Waals surface area contributed by atoms with Gasteiger partial charge in [-0.2, -0.15) is 5.26 Å². The number of anilines is 2. The largest absolute Gasteiger partial charge is 0.373 e. The van der Waals surface area contributed by atoms with E-state index < -0.39 is 11.9 Å². The second-order valence-corrected chi connectivity index (χ2v) is 7.19. The number of amides is 1. The molecule has 0 saturated heterocycles. The highest BCUT2D eigenvalue weighted by Crippen LogP contribution is 2.30. The van der Waals surface area contributed by atoms with Gasteiger partial charge in [-0.1, -0.05) is 0 Å². The maximum atomic E-state index is 14.5. The van der Waals surface area contributed by atoms with Crippen LogP contribution in [0.25, 0.3) is 11.3 Å². The Morgan fingerprint density at radius 1 is 1.38 bits per heavy atom. The number of aldehydes is 1. The minimum Gasteiger partial charge on any atom is -0.373 e. The van der Waals surface area contributed by atoms with Gasteiger partial charge in [0.2, 0.25) is 5.91 Å². The molecule has 1 aliphatic rings. The number of halogens is 1. The van der Waals surface area contributed by atoms with Crippen LogP contribution in [0.15, 0.2) is 24.5 Å². The second kappa shape index (κ2) is 8.75. The third-order valence-corrected chi connectivity index (χ3v) is 4.42. The fraction of sp³-hybridized carbons (Fsp3) is 0.350. The smallest absolute Gasteiger partial charge is 0.228 e. The quantitative estimate of drug-likeness (QED) is 0.657. The van der Waals surface area contributed by atoms with E-state index in [1.54, 1.807) is 25.1 Å². The van der Waals surface area contributed by atoms with Crippen molar-refractivity contribution in [3.05, 3.63) is 35.9 Å². The summed E-state index contributed by atoms with van der Waals surface area (Å²) < 4.78 is 14.5. The van der Waals surface area contributed by atoms with Crippen LogP contribution in [0, 0.1) is 23.1 Å². The zero-order valence-corrected chi connectivity index (χ0v) is 16.1. The molecule has 0 spiro atoms. The molecule has 1 unspecified atom stereocenters. The second-order valence-electron chi connectivity index (χ2n) is 7.19. The van der Waals surface area contributed by atoms with Crippen molar-refractivity contribution >= 4 is 23.7 Å². The molecule has 1 amide bonds. The molecule has 1 saturated carbocycles. The van der Waals surface area contributed by atoms with Crippen molar-refractivity contribution in [1.82, 2.24) is 14.9 Å². The predicted octanol–water partition coefficient (Wildman–Crippen LogP) is 2.04. The van der Waals surface area contributed by atoms with Gasteiger partial charge in [-0.15, -0.1) is 0 Å². The number of carbonyl (C=O) groups is 2. The highest BCUT2D eigenvalue weighted by Gasteiger charge is 2.29. The molecule has 150 valence electrons. The van der Waals surface area contributed by atoms with E-state index >= 15 is 0 Å². The molecule has 0 bridgehead atoms. The first kappa shape index (κ1) is 20.4. The van der Waals surface area contributed by atoms with Crippen LogP contribution < -0.4 is 10.6 Å². The van der Waals surface area contributed by atoms with Crippen LogP contribution in [0.5, 0.6) is 0 Å². The lowest BCUT2D eigenvalue weighted by molar-refractivity contribution is -0.117. The van der Waals surface area contributed by atoms with Crippen LogP contribution >= 0.6 is 0 Å². The van der Waals surface area contributed by atoms with Crippen LogP contribution in [0.2, 0.25) is 0 Å². The topological polar surface area (TPSA) is 111 Å². The number of aromatic nitrogens is 2. The van der Waals surface area contributed by atoms with Gasteiger partial charge in [-0.3, -0.25) is 9.78 Å². The fourth-order valence-electron chi connectivity index (χ4n) is 2.81. The number of hydrogen-bond acceptors (Lipinski definition) is 7. The van der Waals surface area contributed by atoms with Crippen LogP contribution in [-0.2, 0) is 9.59 Å². The summed E-state index contributed by atoms with van der Waals surface area (Å²) in [6, 6.07) is 3.96. The van der Waals surface area contributed by atoms with Crippen molar-refractivity contribution in [3.8, 4) is 17.3 Å². The summed E-state index contributed by atoms with van der Waals surface area (Å²) in [4.78, 5) is 33.3. The van der Waals surface area contributed by atoms with Crippen molar-refractivity contribution in [1.29, 1.82) is 5.26 Å². The van der Waals surface area contributed by atoms with E-state index in [2.05, 4.69) is 20.6 Å². The lowest BCUT2D eigenvalue weighted by Crippen LogP contribution is -2.33. The molecule has 0 aliphatic heterocycles. The molecule has 1 atom stereocenters. The van der Waals surface area contributed by atoms with Gasteiger partial charge < -0.3 is 20.3 Å². The van der Waals surface area contributed by atoms with Gasteiger partial charge in [-0.05, 0) is 39.1 Å². The molecule has 1 aromatic heterocycles. The summed E-state index contributed by atoms with van der Waals surface area (Å²) >= 11 is 0. The zero-order valence-electron chi connectivity index (χ0n) is 16.1. The van der Waals surface area contributed by atoms with Gasteiger partial charge in [0.15, 0.2) is 5.82 Å². The normalized spacial score (nSPS) is 14.2. The van der Waals surface area contributed by atoms with E-state index in [1.165, 1.54) is 18.5 Å². The molecule has 1 aliphatic carbocycles. The molecule has 2 N–H and O–H groups in total. The molecule has 1 aromatic carbocycles. The monoisotopic (exact) mass is 396 g/mol. The first-order chi connectivity index (χ1) is 13.9. The molecular formula is C20H21FN6O2. The van der Waals surface area contributed by atoms with Gasteiger partial charge in [0.05, 0.1) is 29.8 Å². The number of rotatable bonds is 8. The first-order valence-corrected chi connectivity index (χ1v) is 9.14. The minimum atomic E-state index is -0.727. The maximum absolute atomic E-state index is 14.5. The Hall–Kier alpha value is -3.38. The predicted molar refractivity (Wildman–Crippen MR) is 106 cm³/mol. The molecule has 9 heteroatoms. The maximum Gasteiger partial charge on any atom is 0.228 e. The Balaban J connectivity index is 1.85. The molecule has 3 rings (SSSR count). The number of benzene rings is 1. The van der Waals surface area contributed by atoms with Crippen LogP contribution in [0.3, 0.4) is 0 Å². The third kappa shape index (κ3) is 5.12. The van der Waals surface area contributed by atoms with Crippen molar-refractivity contribution in [3.63, 3.8) is 0 Å². The summed E-state index contributed by atoms with van der Waals surface area (Å²) in [6.07, 6.45) is 5.30. The Labute approximate surface area is 167 Å². The number of hydrogen-bond donors (Lipinski definition) is 2. The van der Waals surface area contributed by atoms with Crippen molar-refractivity contribution in [2.75, 3.05) is 31.3 Å². The highest BCUT2D eigenvalue weighted by atomic mass is 19.1. The molecule has 1 heterocycles. The van der Waals surface area contributed by atoms with Gasteiger partial charge in [0.25, 0.3) is 0 Å². The lowest BCUT2D eigenvalue weighted by Gasteiger charge is -2.19. The van der Waals surface area contributed by atoms with Crippen molar-refractivity contribution in [2.45, 2.75) is 18.9 Å². The summed E-state index contributed by atoms with van der Waals surface area (Å²) in [6.45, 7) is 0.384. The van der Waals surface area contributed by atoms with E-state index in [4.69, 9.17) is 0 Å². The van der Waals surface area contributed by atoms with E-state index in [0.29, 0.717) is 29.9 Å². The Morgan fingerprint density at radius 2 is 2.14 bits per heavy atom. The Kier molecular flexibility index (Phi) is 6.14. The van der Waals surface area contributed by atoms with Crippen molar-refractivity contribution in [2.24, 2.45) is 5.92 Å². The molecule has 8 nitrogen and oxygen atoms in total. The van der Waals surface area contributed by atoms with E-state index in [9.17, 15) is 19.2 Å². The molecule has 2 aromatic rings. The minimum absolute atomic E-state index is 0.0469. The number of carbonyl (C=O) groups excluding carboxylic acids is 2. The van der Waals surface area contributed by atoms with Crippen LogP contribution in [0.1, 0.15) is 18.4 Å². The zero-order chi connectivity index (χ0) is 21.0. The number of nitriles is 1. The molecular weight excluding hydrogens is 375 g/mol. The summed E-state index contributed by atoms with van der Waals surface area (Å²) in [5.74, 6) is -0.436. The number of nitrogens with one attached hydrogen (secondary N) is 2. The van der Waals surface area contributed by atoms with Gasteiger partial charge in [0, 0.05) is 18.0 Å². The van der Waals surface area contributed by atoms with Crippen LogP contribution in [-0.4, -0.2) is 53.7 Å². The summed E-state index contributed by atoms with van der Waals surface area (Å²) in [7, 11) is 3.61. The Bertz CT molecular complexity index is 951. The van der Waals surface area contributed by atoms with Crippen LogP contribution in [0.4, 0.5) is 15.9 Å². The SMILES string of the molecule is CN(C)CC(C=O)Nc1cc(-c2cnc(NC(=O)C3CC3)cn2)cc(F)c1C#N. The molecule has 0 radical (unpaired) electrons. The highest BCUT2D eigenvalue weighted by molar-refractivity contribution is 5.93. The van der Waals surface area contributed by atoms with E-state index in [0.717, 1.165) is 12.8 Å². The van der Waals surface area contributed by atoms with Gasteiger partial charge in [-0.25, -0.2) is 9.37 Å².